The molecule has 0 atom stereocenters. The number of ether oxygens (including phenoxy) is 1. The third-order valence-corrected chi connectivity index (χ3v) is 4.89. The lowest BCUT2D eigenvalue weighted by atomic mass is 9.99. The number of ketones is 1. The van der Waals surface area contributed by atoms with E-state index in [9.17, 15) is 18.8 Å². The fourth-order valence-corrected chi connectivity index (χ4v) is 3.26. The number of esters is 1. The van der Waals surface area contributed by atoms with Crippen LogP contribution in [0.25, 0.3) is 0 Å². The van der Waals surface area contributed by atoms with Crippen LogP contribution in [0.3, 0.4) is 0 Å². The molecule has 5 nitrogen and oxygen atoms in total. The van der Waals surface area contributed by atoms with Crippen LogP contribution in [-0.2, 0) is 20.7 Å². The number of carbonyl (C=O) groups excluding carboxylic acids is 3. The van der Waals surface area contributed by atoms with Crippen molar-refractivity contribution in [2.24, 2.45) is 0 Å². The molecule has 0 aliphatic carbocycles. The average molecular weight is 373 g/mol. The molecule has 0 aromatic heterocycles. The van der Waals surface area contributed by atoms with Crippen molar-refractivity contribution in [1.82, 2.24) is 0 Å². The van der Waals surface area contributed by atoms with Gasteiger partial charge in [0.1, 0.15) is 5.82 Å². The Morgan fingerprint density at radius 3 is 2.77 bits per heavy atom. The zero-order valence-corrected chi connectivity index (χ0v) is 14.6. The Labute approximate surface area is 153 Å². The number of Topliss-reactive ketones (excluding diaryl/α,β-unsaturated/α-hetero) is 1. The van der Waals surface area contributed by atoms with Crippen LogP contribution in [0.4, 0.5) is 10.1 Å². The van der Waals surface area contributed by atoms with Gasteiger partial charge in [-0.15, -0.1) is 11.8 Å². The molecule has 0 bridgehead atoms. The summed E-state index contributed by atoms with van der Waals surface area (Å²) in [4.78, 5) is 35.7. The van der Waals surface area contributed by atoms with Gasteiger partial charge in [-0.3, -0.25) is 14.4 Å². The van der Waals surface area contributed by atoms with Gasteiger partial charge in [-0.1, -0.05) is 12.1 Å². The molecule has 0 fully saturated rings. The second-order valence-electron chi connectivity index (χ2n) is 5.72. The molecule has 0 saturated heterocycles. The van der Waals surface area contributed by atoms with E-state index in [1.165, 1.54) is 6.07 Å². The lowest BCUT2D eigenvalue weighted by molar-refractivity contribution is -0.139. The number of hydrogen-bond donors (Lipinski definition) is 1. The zero-order valence-electron chi connectivity index (χ0n) is 13.8. The van der Waals surface area contributed by atoms with Crippen molar-refractivity contribution in [1.29, 1.82) is 0 Å². The van der Waals surface area contributed by atoms with E-state index >= 15 is 0 Å². The van der Waals surface area contributed by atoms with E-state index in [1.54, 1.807) is 36.4 Å². The number of rotatable bonds is 6. The van der Waals surface area contributed by atoms with E-state index in [0.29, 0.717) is 29.0 Å². The number of amides is 1. The van der Waals surface area contributed by atoms with Crippen LogP contribution < -0.4 is 5.32 Å². The monoisotopic (exact) mass is 373 g/mol. The van der Waals surface area contributed by atoms with Gasteiger partial charge in [-0.25, -0.2) is 4.39 Å². The largest absolute Gasteiger partial charge is 0.457 e. The molecule has 0 radical (unpaired) electrons. The fourth-order valence-electron chi connectivity index (χ4n) is 2.53. The van der Waals surface area contributed by atoms with Crippen LogP contribution in [0.1, 0.15) is 22.3 Å². The van der Waals surface area contributed by atoms with E-state index in [2.05, 4.69) is 5.32 Å². The minimum Gasteiger partial charge on any atom is -0.457 e. The Bertz CT molecular complexity index is 868. The Kier molecular flexibility index (Phi) is 5.68. The average Bonchev–Trinajstić information content (AvgIpc) is 2.65. The lowest BCUT2D eigenvalue weighted by Gasteiger charge is -2.17. The number of nitrogens with one attached hydrogen (secondary N) is 1. The Morgan fingerprint density at radius 1 is 1.15 bits per heavy atom. The van der Waals surface area contributed by atoms with E-state index < -0.39 is 11.8 Å². The van der Waals surface area contributed by atoms with Gasteiger partial charge in [0.15, 0.2) is 12.4 Å². The number of carbonyl (C=O) groups is 3. The van der Waals surface area contributed by atoms with Crippen LogP contribution >= 0.6 is 11.8 Å². The number of hydrogen-bond acceptors (Lipinski definition) is 5. The van der Waals surface area contributed by atoms with Crippen LogP contribution in [0.15, 0.2) is 47.4 Å². The number of thioether (sulfide) groups is 1. The maximum absolute atomic E-state index is 13.5. The Morgan fingerprint density at radius 2 is 1.96 bits per heavy atom. The smallest absolute Gasteiger partial charge is 0.316 e. The molecule has 2 aromatic rings. The molecule has 7 heteroatoms. The summed E-state index contributed by atoms with van der Waals surface area (Å²) >= 11 is 1.02. The van der Waals surface area contributed by atoms with Gasteiger partial charge >= 0.3 is 5.97 Å². The highest BCUT2D eigenvalue weighted by atomic mass is 32.2. The first-order chi connectivity index (χ1) is 12.5. The molecule has 1 heterocycles. The van der Waals surface area contributed by atoms with Gasteiger partial charge in [-0.05, 0) is 42.3 Å². The standard InChI is InChI=1S/C19H16FNO4S/c20-14-3-1-2-4-17(14)26-11-19(24)25-10-16(22)13-5-7-15-12(9-13)6-8-18(23)21-15/h1-5,7,9H,6,8,10-11H2,(H,21,23). The summed E-state index contributed by atoms with van der Waals surface area (Å²) in [5.41, 5.74) is 2.02. The minimum absolute atomic E-state index is 0.0436. The first-order valence-electron chi connectivity index (χ1n) is 8.02. The minimum atomic E-state index is -0.586. The van der Waals surface area contributed by atoms with E-state index in [0.717, 1.165) is 17.3 Å². The maximum atomic E-state index is 13.5. The highest BCUT2D eigenvalue weighted by molar-refractivity contribution is 8.00. The van der Waals surface area contributed by atoms with Gasteiger partial charge in [0.2, 0.25) is 5.91 Å². The summed E-state index contributed by atoms with van der Waals surface area (Å²) in [7, 11) is 0. The second kappa shape index (κ2) is 8.14. The van der Waals surface area contributed by atoms with Crippen molar-refractivity contribution >= 4 is 35.1 Å². The molecule has 1 aliphatic heterocycles. The number of aryl methyl sites for hydroxylation is 1. The molecule has 0 saturated carbocycles. The Hall–Kier alpha value is -2.67. The highest BCUT2D eigenvalue weighted by Crippen LogP contribution is 2.24. The molecule has 26 heavy (non-hydrogen) atoms. The topological polar surface area (TPSA) is 72.5 Å². The van der Waals surface area contributed by atoms with E-state index in [1.807, 2.05) is 0 Å². The number of anilines is 1. The summed E-state index contributed by atoms with van der Waals surface area (Å²) in [6, 6.07) is 11.1. The summed E-state index contributed by atoms with van der Waals surface area (Å²) in [6.07, 6.45) is 0.953. The predicted molar refractivity (Wildman–Crippen MR) is 95.8 cm³/mol. The first-order valence-corrected chi connectivity index (χ1v) is 9.00. The quantitative estimate of drug-likeness (QED) is 0.478. The highest BCUT2D eigenvalue weighted by Gasteiger charge is 2.17. The van der Waals surface area contributed by atoms with Crippen LogP contribution in [-0.4, -0.2) is 30.0 Å². The molecule has 0 unspecified atom stereocenters. The molecular weight excluding hydrogens is 357 g/mol. The molecule has 3 rings (SSSR count). The molecule has 1 amide bonds. The fraction of sp³-hybridized carbons (Fsp3) is 0.211. The number of fused-ring (bicyclic) bond motifs is 1. The normalized spacial score (nSPS) is 12.9. The molecule has 1 N–H and O–H groups in total. The van der Waals surface area contributed by atoms with Crippen LogP contribution in [0.5, 0.6) is 0 Å². The van der Waals surface area contributed by atoms with Crippen LogP contribution in [0, 0.1) is 5.82 Å². The van der Waals surface area contributed by atoms with Gasteiger partial charge in [-0.2, -0.15) is 0 Å². The third-order valence-electron chi connectivity index (χ3n) is 3.87. The summed E-state index contributed by atoms with van der Waals surface area (Å²) in [5.74, 6) is -1.43. The van der Waals surface area contributed by atoms with Crippen molar-refractivity contribution in [3.05, 3.63) is 59.4 Å². The first kappa shape index (κ1) is 18.1. The summed E-state index contributed by atoms with van der Waals surface area (Å²) in [6.45, 7) is -0.373. The van der Waals surface area contributed by atoms with E-state index in [4.69, 9.17) is 4.74 Å². The molecular formula is C19H16FNO4S. The SMILES string of the molecule is O=C1CCc2cc(C(=O)COC(=O)CSc3ccccc3F)ccc2N1. The zero-order chi connectivity index (χ0) is 18.5. The van der Waals surface area contributed by atoms with Gasteiger partial charge in [0.25, 0.3) is 0 Å². The second-order valence-corrected chi connectivity index (χ2v) is 6.74. The third kappa shape index (κ3) is 4.49. The van der Waals surface area contributed by atoms with Crippen LogP contribution in [0.2, 0.25) is 0 Å². The van der Waals surface area contributed by atoms with Crippen molar-refractivity contribution in [2.75, 3.05) is 17.7 Å². The molecule has 0 spiro atoms. The van der Waals surface area contributed by atoms with Crippen molar-refractivity contribution in [3.63, 3.8) is 0 Å². The van der Waals surface area contributed by atoms with E-state index in [-0.39, 0.29) is 24.1 Å². The summed E-state index contributed by atoms with van der Waals surface area (Å²) < 4.78 is 18.5. The number of benzene rings is 2. The van der Waals surface area contributed by atoms with Crippen molar-refractivity contribution in [3.8, 4) is 0 Å². The molecule has 134 valence electrons. The predicted octanol–water partition coefficient (Wildman–Crippen LogP) is 3.23. The van der Waals surface area contributed by atoms with Gasteiger partial charge < -0.3 is 10.1 Å². The number of halogens is 1. The van der Waals surface area contributed by atoms with Gasteiger partial charge in [0.05, 0.1) is 5.75 Å². The van der Waals surface area contributed by atoms with Crippen molar-refractivity contribution < 1.29 is 23.5 Å². The summed E-state index contributed by atoms with van der Waals surface area (Å²) in [5, 5.41) is 2.74. The van der Waals surface area contributed by atoms with Gasteiger partial charge in [0, 0.05) is 22.6 Å². The lowest BCUT2D eigenvalue weighted by Crippen LogP contribution is -2.20. The maximum Gasteiger partial charge on any atom is 0.316 e. The van der Waals surface area contributed by atoms with Crippen molar-refractivity contribution in [2.45, 2.75) is 17.7 Å². The Balaban J connectivity index is 1.51. The molecule has 1 aliphatic rings. The molecule has 2 aromatic carbocycles.